The fraction of sp³-hybridized carbons (Fsp3) is 0.846. The summed E-state index contributed by atoms with van der Waals surface area (Å²) in [6, 6.07) is 0. The van der Waals surface area contributed by atoms with E-state index in [9.17, 15) is 5.11 Å². The first kappa shape index (κ1) is 14.5. The summed E-state index contributed by atoms with van der Waals surface area (Å²) in [6.07, 6.45) is 2.72. The van der Waals surface area contributed by atoms with Gasteiger partial charge >= 0.3 is 0 Å². The van der Waals surface area contributed by atoms with Crippen LogP contribution in [-0.4, -0.2) is 23.4 Å². The average molecular weight is 212 g/mol. The molecule has 1 N–H and O–H groups in total. The van der Waals surface area contributed by atoms with E-state index in [0.717, 1.165) is 19.3 Å². The Bertz CT molecular complexity index is 208. The van der Waals surface area contributed by atoms with Crippen molar-refractivity contribution in [1.82, 2.24) is 0 Å². The van der Waals surface area contributed by atoms with Gasteiger partial charge in [-0.1, -0.05) is 13.8 Å². The van der Waals surface area contributed by atoms with Crippen molar-refractivity contribution in [3.63, 3.8) is 0 Å². The van der Waals surface area contributed by atoms with Gasteiger partial charge in [-0.3, -0.25) is 0 Å². The van der Waals surface area contributed by atoms with Gasteiger partial charge in [0, 0.05) is 13.0 Å². The predicted octanol–water partition coefficient (Wildman–Crippen LogP) is 2.75. The standard InChI is InChI=1S/C13H24O2/c1-5-9-10-11-12(14)13(6-2,7-3)15-8-4/h12,14H,6-8,10-11H2,1-4H3. The van der Waals surface area contributed by atoms with Crippen LogP contribution in [0.25, 0.3) is 0 Å². The summed E-state index contributed by atoms with van der Waals surface area (Å²) in [5.74, 6) is 5.82. The van der Waals surface area contributed by atoms with Gasteiger partial charge in [-0.15, -0.1) is 11.8 Å². The molecule has 0 saturated carbocycles. The Labute approximate surface area is 94.0 Å². The number of aliphatic hydroxyl groups is 1. The smallest absolute Gasteiger partial charge is 0.0935 e. The molecular formula is C13H24O2. The van der Waals surface area contributed by atoms with Gasteiger partial charge in [0.1, 0.15) is 0 Å². The van der Waals surface area contributed by atoms with E-state index >= 15 is 0 Å². The third kappa shape index (κ3) is 4.24. The summed E-state index contributed by atoms with van der Waals surface area (Å²) in [5.41, 5.74) is -0.371. The largest absolute Gasteiger partial charge is 0.390 e. The highest BCUT2D eigenvalue weighted by atomic mass is 16.5. The molecule has 0 amide bonds. The maximum atomic E-state index is 10.1. The van der Waals surface area contributed by atoms with Crippen LogP contribution in [0.15, 0.2) is 0 Å². The minimum absolute atomic E-state index is 0.371. The summed E-state index contributed by atoms with van der Waals surface area (Å²) in [4.78, 5) is 0. The molecule has 0 aliphatic heterocycles. The zero-order valence-corrected chi connectivity index (χ0v) is 10.5. The number of hydrogen-bond acceptors (Lipinski definition) is 2. The lowest BCUT2D eigenvalue weighted by molar-refractivity contribution is -0.126. The number of hydrogen-bond donors (Lipinski definition) is 1. The molecule has 0 aromatic carbocycles. The Morgan fingerprint density at radius 3 is 2.27 bits per heavy atom. The number of ether oxygens (including phenoxy) is 1. The van der Waals surface area contributed by atoms with Crippen molar-refractivity contribution in [2.24, 2.45) is 0 Å². The third-order valence-electron chi connectivity index (χ3n) is 2.96. The van der Waals surface area contributed by atoms with E-state index in [0.29, 0.717) is 13.0 Å². The molecule has 1 unspecified atom stereocenters. The van der Waals surface area contributed by atoms with Crippen molar-refractivity contribution in [1.29, 1.82) is 0 Å². The van der Waals surface area contributed by atoms with E-state index in [1.807, 2.05) is 13.8 Å². The van der Waals surface area contributed by atoms with E-state index < -0.39 is 6.10 Å². The number of rotatable bonds is 7. The lowest BCUT2D eigenvalue weighted by Crippen LogP contribution is -2.44. The second-order valence-corrected chi connectivity index (χ2v) is 3.69. The molecule has 0 spiro atoms. The first-order valence-electron chi connectivity index (χ1n) is 5.88. The number of aliphatic hydroxyl groups excluding tert-OH is 1. The SMILES string of the molecule is CC#CCCC(O)C(CC)(CC)OCC. The van der Waals surface area contributed by atoms with Gasteiger partial charge in [-0.25, -0.2) is 0 Å². The summed E-state index contributed by atoms with van der Waals surface area (Å²) in [6.45, 7) is 8.57. The monoisotopic (exact) mass is 212 g/mol. The molecule has 0 rings (SSSR count). The Hall–Kier alpha value is -0.520. The molecule has 15 heavy (non-hydrogen) atoms. The molecule has 2 nitrogen and oxygen atoms in total. The first-order chi connectivity index (χ1) is 7.16. The molecule has 1 atom stereocenters. The van der Waals surface area contributed by atoms with Crippen LogP contribution >= 0.6 is 0 Å². The fourth-order valence-corrected chi connectivity index (χ4v) is 1.91. The van der Waals surface area contributed by atoms with Crippen molar-refractivity contribution in [2.45, 2.75) is 65.1 Å². The van der Waals surface area contributed by atoms with Gasteiger partial charge in [0.25, 0.3) is 0 Å². The Balaban J connectivity index is 4.36. The maximum Gasteiger partial charge on any atom is 0.0935 e. The zero-order valence-electron chi connectivity index (χ0n) is 10.5. The lowest BCUT2D eigenvalue weighted by atomic mass is 9.87. The third-order valence-corrected chi connectivity index (χ3v) is 2.96. The van der Waals surface area contributed by atoms with Crippen molar-refractivity contribution in [3.05, 3.63) is 0 Å². The topological polar surface area (TPSA) is 29.5 Å². The van der Waals surface area contributed by atoms with Crippen LogP contribution in [-0.2, 0) is 4.74 Å². The van der Waals surface area contributed by atoms with Gasteiger partial charge in [-0.05, 0) is 33.1 Å². The second-order valence-electron chi connectivity index (χ2n) is 3.69. The van der Waals surface area contributed by atoms with Gasteiger partial charge < -0.3 is 9.84 Å². The second kappa shape index (κ2) is 7.73. The molecule has 0 bridgehead atoms. The van der Waals surface area contributed by atoms with E-state index in [4.69, 9.17) is 4.74 Å². The van der Waals surface area contributed by atoms with Crippen LogP contribution in [0.5, 0.6) is 0 Å². The summed E-state index contributed by atoms with van der Waals surface area (Å²) >= 11 is 0. The van der Waals surface area contributed by atoms with Crippen LogP contribution in [0, 0.1) is 11.8 Å². The molecule has 2 heteroatoms. The molecule has 88 valence electrons. The quantitative estimate of drug-likeness (QED) is 0.657. The molecular weight excluding hydrogens is 188 g/mol. The van der Waals surface area contributed by atoms with E-state index in [2.05, 4.69) is 25.7 Å². The van der Waals surface area contributed by atoms with Gasteiger partial charge in [0.2, 0.25) is 0 Å². The molecule has 0 heterocycles. The van der Waals surface area contributed by atoms with Gasteiger partial charge in [-0.2, -0.15) is 0 Å². The summed E-state index contributed by atoms with van der Waals surface area (Å²) in [7, 11) is 0. The Kier molecular flexibility index (Phi) is 7.46. The van der Waals surface area contributed by atoms with E-state index in [1.54, 1.807) is 0 Å². The molecule has 0 saturated heterocycles. The molecule has 0 aromatic heterocycles. The first-order valence-corrected chi connectivity index (χ1v) is 5.88. The van der Waals surface area contributed by atoms with Gasteiger partial charge in [0.15, 0.2) is 0 Å². The zero-order chi connectivity index (χ0) is 11.7. The van der Waals surface area contributed by atoms with Crippen molar-refractivity contribution < 1.29 is 9.84 Å². The Morgan fingerprint density at radius 2 is 1.87 bits per heavy atom. The summed E-state index contributed by atoms with van der Waals surface area (Å²) < 4.78 is 5.72. The maximum absolute atomic E-state index is 10.1. The van der Waals surface area contributed by atoms with Gasteiger partial charge in [0.05, 0.1) is 11.7 Å². The van der Waals surface area contributed by atoms with E-state index in [1.165, 1.54) is 0 Å². The van der Waals surface area contributed by atoms with Crippen molar-refractivity contribution >= 4 is 0 Å². The van der Waals surface area contributed by atoms with Crippen LogP contribution in [0.1, 0.15) is 53.4 Å². The van der Waals surface area contributed by atoms with Crippen LogP contribution in [0.2, 0.25) is 0 Å². The summed E-state index contributed by atoms with van der Waals surface area (Å²) in [5, 5.41) is 10.1. The molecule has 0 radical (unpaired) electrons. The highest BCUT2D eigenvalue weighted by molar-refractivity contribution is 4.97. The highest BCUT2D eigenvalue weighted by Gasteiger charge is 2.34. The highest BCUT2D eigenvalue weighted by Crippen LogP contribution is 2.27. The van der Waals surface area contributed by atoms with Crippen LogP contribution in [0.4, 0.5) is 0 Å². The van der Waals surface area contributed by atoms with E-state index in [-0.39, 0.29) is 5.60 Å². The minimum atomic E-state index is -0.409. The molecule has 0 aromatic rings. The predicted molar refractivity (Wildman–Crippen MR) is 63.6 cm³/mol. The lowest BCUT2D eigenvalue weighted by Gasteiger charge is -2.36. The molecule has 0 aliphatic rings. The van der Waals surface area contributed by atoms with Crippen molar-refractivity contribution in [3.8, 4) is 11.8 Å². The average Bonchev–Trinajstić information content (AvgIpc) is 2.26. The Morgan fingerprint density at radius 1 is 1.27 bits per heavy atom. The molecule has 0 fully saturated rings. The minimum Gasteiger partial charge on any atom is -0.390 e. The van der Waals surface area contributed by atoms with Crippen LogP contribution in [0.3, 0.4) is 0 Å². The molecule has 0 aliphatic carbocycles. The fourth-order valence-electron chi connectivity index (χ4n) is 1.91. The van der Waals surface area contributed by atoms with Crippen molar-refractivity contribution in [2.75, 3.05) is 6.61 Å². The van der Waals surface area contributed by atoms with Crippen LogP contribution < -0.4 is 0 Å². The normalized spacial score (nSPS) is 13.1.